The van der Waals surface area contributed by atoms with Crippen molar-refractivity contribution < 1.29 is 0 Å². The topological polar surface area (TPSA) is 26.0 Å². The maximum atomic E-state index is 5.86. The van der Waals surface area contributed by atoms with Crippen molar-refractivity contribution in [3.63, 3.8) is 0 Å². The van der Waals surface area contributed by atoms with Crippen molar-refractivity contribution in [1.82, 2.24) is 0 Å². The summed E-state index contributed by atoms with van der Waals surface area (Å²) in [6.45, 7) is 3.69. The van der Waals surface area contributed by atoms with E-state index in [1.807, 2.05) is 18.2 Å². The molecule has 1 nitrogen and oxygen atoms in total. The lowest BCUT2D eigenvalue weighted by Gasteiger charge is -2.07. The highest BCUT2D eigenvalue weighted by Gasteiger charge is 2.01. The third kappa shape index (κ3) is 2.20. The molecule has 0 fully saturated rings. The molecule has 0 aromatic heterocycles. The summed E-state index contributed by atoms with van der Waals surface area (Å²) in [5.41, 5.74) is 9.39. The summed E-state index contributed by atoms with van der Waals surface area (Å²) in [5, 5.41) is 0. The Kier molecular flexibility index (Phi) is 3.18. The Balaban J connectivity index is 2.30. The van der Waals surface area contributed by atoms with Crippen LogP contribution in [0.3, 0.4) is 0 Å². The third-order valence-corrected chi connectivity index (χ3v) is 2.66. The highest BCUT2D eigenvalue weighted by Crippen LogP contribution is 2.21. The molecule has 0 aliphatic carbocycles. The lowest BCUT2D eigenvalue weighted by atomic mass is 10.0. The van der Waals surface area contributed by atoms with Gasteiger partial charge >= 0.3 is 0 Å². The van der Waals surface area contributed by atoms with Gasteiger partial charge in [0, 0.05) is 6.04 Å². The van der Waals surface area contributed by atoms with Gasteiger partial charge in [0.15, 0.2) is 0 Å². The standard InChI is InChI=1S/C15H15N/c1-2-15(16)14-10-8-13(9-11-14)12-6-4-3-5-7-12/h2-11,15H,1,16H2/t15-/m0/s1. The molecule has 2 rings (SSSR count). The molecule has 1 atom stereocenters. The van der Waals surface area contributed by atoms with Crippen molar-refractivity contribution in [3.8, 4) is 11.1 Å². The van der Waals surface area contributed by atoms with Crippen molar-refractivity contribution in [2.24, 2.45) is 5.73 Å². The van der Waals surface area contributed by atoms with Crippen molar-refractivity contribution in [2.75, 3.05) is 0 Å². The van der Waals surface area contributed by atoms with E-state index in [4.69, 9.17) is 5.73 Å². The van der Waals surface area contributed by atoms with Gasteiger partial charge in [0.25, 0.3) is 0 Å². The first kappa shape index (κ1) is 10.7. The molecule has 2 aromatic carbocycles. The molecule has 80 valence electrons. The van der Waals surface area contributed by atoms with E-state index >= 15 is 0 Å². The maximum Gasteiger partial charge on any atom is 0.0478 e. The smallest absolute Gasteiger partial charge is 0.0478 e. The van der Waals surface area contributed by atoms with E-state index in [2.05, 4.69) is 43.0 Å². The van der Waals surface area contributed by atoms with Crippen molar-refractivity contribution in [2.45, 2.75) is 6.04 Å². The zero-order valence-electron chi connectivity index (χ0n) is 9.14. The third-order valence-electron chi connectivity index (χ3n) is 2.66. The first-order chi connectivity index (χ1) is 7.81. The molecule has 0 aliphatic rings. The summed E-state index contributed by atoms with van der Waals surface area (Å²) in [5.74, 6) is 0. The second-order valence-corrected chi connectivity index (χ2v) is 3.75. The largest absolute Gasteiger partial charge is 0.321 e. The first-order valence-electron chi connectivity index (χ1n) is 5.35. The van der Waals surface area contributed by atoms with E-state index < -0.39 is 0 Å². The zero-order chi connectivity index (χ0) is 11.4. The molecule has 0 spiro atoms. The minimum atomic E-state index is -0.0789. The predicted molar refractivity (Wildman–Crippen MR) is 69.0 cm³/mol. The van der Waals surface area contributed by atoms with Crippen LogP contribution in [0.5, 0.6) is 0 Å². The van der Waals surface area contributed by atoms with Crippen LogP contribution >= 0.6 is 0 Å². The van der Waals surface area contributed by atoms with E-state index in [-0.39, 0.29) is 6.04 Å². The summed E-state index contributed by atoms with van der Waals surface area (Å²) in [4.78, 5) is 0. The minimum Gasteiger partial charge on any atom is -0.321 e. The van der Waals surface area contributed by atoms with Gasteiger partial charge in [-0.05, 0) is 16.7 Å². The molecule has 0 saturated heterocycles. The highest BCUT2D eigenvalue weighted by atomic mass is 14.6. The van der Waals surface area contributed by atoms with Crippen LogP contribution in [0.2, 0.25) is 0 Å². The molecule has 0 saturated carbocycles. The van der Waals surface area contributed by atoms with Crippen LogP contribution in [0.4, 0.5) is 0 Å². The van der Waals surface area contributed by atoms with Gasteiger partial charge in [-0.15, -0.1) is 6.58 Å². The molecule has 0 bridgehead atoms. The van der Waals surface area contributed by atoms with Crippen molar-refractivity contribution >= 4 is 0 Å². The Labute approximate surface area is 96.2 Å². The van der Waals surface area contributed by atoms with Gasteiger partial charge in [-0.2, -0.15) is 0 Å². The SMILES string of the molecule is C=C[C@H](N)c1ccc(-c2ccccc2)cc1. The molecule has 0 amide bonds. The molecular formula is C15H15N. The van der Waals surface area contributed by atoms with Crippen LogP contribution in [-0.4, -0.2) is 0 Å². The van der Waals surface area contributed by atoms with Gasteiger partial charge in [-0.1, -0.05) is 60.7 Å². The van der Waals surface area contributed by atoms with E-state index in [1.165, 1.54) is 11.1 Å². The monoisotopic (exact) mass is 209 g/mol. The fourth-order valence-electron chi connectivity index (χ4n) is 1.66. The van der Waals surface area contributed by atoms with Crippen LogP contribution in [-0.2, 0) is 0 Å². The van der Waals surface area contributed by atoms with Crippen LogP contribution in [0, 0.1) is 0 Å². The van der Waals surface area contributed by atoms with Crippen molar-refractivity contribution in [1.29, 1.82) is 0 Å². The number of hydrogen-bond donors (Lipinski definition) is 1. The number of benzene rings is 2. The Morgan fingerprint density at radius 3 is 2.00 bits per heavy atom. The lowest BCUT2D eigenvalue weighted by molar-refractivity contribution is 0.915. The lowest BCUT2D eigenvalue weighted by Crippen LogP contribution is -2.05. The van der Waals surface area contributed by atoms with E-state index in [1.54, 1.807) is 6.08 Å². The van der Waals surface area contributed by atoms with Crippen molar-refractivity contribution in [3.05, 3.63) is 72.8 Å². The molecule has 2 aromatic rings. The Morgan fingerprint density at radius 2 is 1.44 bits per heavy atom. The predicted octanol–water partition coefficient (Wildman–Crippen LogP) is 3.54. The van der Waals surface area contributed by atoms with Crippen LogP contribution in [0.15, 0.2) is 67.3 Å². The summed E-state index contributed by atoms with van der Waals surface area (Å²) in [7, 11) is 0. The van der Waals surface area contributed by atoms with Gasteiger partial charge in [0.2, 0.25) is 0 Å². The quantitative estimate of drug-likeness (QED) is 0.769. The van der Waals surface area contributed by atoms with Gasteiger partial charge in [0.1, 0.15) is 0 Å². The molecule has 0 radical (unpaired) electrons. The average Bonchev–Trinajstić information content (AvgIpc) is 2.39. The van der Waals surface area contributed by atoms with Crippen LogP contribution in [0.1, 0.15) is 11.6 Å². The number of hydrogen-bond acceptors (Lipinski definition) is 1. The first-order valence-corrected chi connectivity index (χ1v) is 5.35. The molecule has 0 unspecified atom stereocenters. The van der Waals surface area contributed by atoms with Gasteiger partial charge in [0.05, 0.1) is 0 Å². The van der Waals surface area contributed by atoms with E-state index in [0.29, 0.717) is 0 Å². The Hall–Kier alpha value is -1.86. The van der Waals surface area contributed by atoms with Gasteiger partial charge < -0.3 is 5.73 Å². The number of nitrogens with two attached hydrogens (primary N) is 1. The summed E-state index contributed by atoms with van der Waals surface area (Å²) in [6, 6.07) is 18.5. The summed E-state index contributed by atoms with van der Waals surface area (Å²) < 4.78 is 0. The van der Waals surface area contributed by atoms with Gasteiger partial charge in [-0.3, -0.25) is 0 Å². The molecule has 16 heavy (non-hydrogen) atoms. The highest BCUT2D eigenvalue weighted by molar-refractivity contribution is 5.63. The Bertz CT molecular complexity index is 457. The minimum absolute atomic E-state index is 0.0789. The van der Waals surface area contributed by atoms with Crippen LogP contribution in [0.25, 0.3) is 11.1 Å². The Morgan fingerprint density at radius 1 is 0.875 bits per heavy atom. The van der Waals surface area contributed by atoms with E-state index in [0.717, 1.165) is 5.56 Å². The normalized spacial score (nSPS) is 12.1. The van der Waals surface area contributed by atoms with Crippen LogP contribution < -0.4 is 5.73 Å². The fraction of sp³-hybridized carbons (Fsp3) is 0.0667. The fourth-order valence-corrected chi connectivity index (χ4v) is 1.66. The maximum absolute atomic E-state index is 5.86. The summed E-state index contributed by atoms with van der Waals surface area (Å²) in [6.07, 6.45) is 1.75. The summed E-state index contributed by atoms with van der Waals surface area (Å²) >= 11 is 0. The molecule has 0 heterocycles. The molecular weight excluding hydrogens is 194 g/mol. The average molecular weight is 209 g/mol. The number of rotatable bonds is 3. The van der Waals surface area contributed by atoms with E-state index in [9.17, 15) is 0 Å². The van der Waals surface area contributed by atoms with Gasteiger partial charge in [-0.25, -0.2) is 0 Å². The second-order valence-electron chi connectivity index (χ2n) is 3.75. The molecule has 2 N–H and O–H groups in total. The molecule has 1 heteroatoms. The molecule has 0 aliphatic heterocycles. The second kappa shape index (κ2) is 4.77. The zero-order valence-corrected chi connectivity index (χ0v) is 9.14.